The molecule has 0 heterocycles. The lowest BCUT2D eigenvalue weighted by molar-refractivity contribution is -0.740. The van der Waals surface area contributed by atoms with Gasteiger partial charge in [0.2, 0.25) is 5.22 Å². The number of hydrogen-bond acceptors (Lipinski definition) is 3. The minimum Gasteiger partial charge on any atom is -0.261 e. The highest BCUT2D eigenvalue weighted by atomic mass is 35.5. The third kappa shape index (κ3) is 4.32. The highest BCUT2D eigenvalue weighted by molar-refractivity contribution is 6.59. The summed E-state index contributed by atoms with van der Waals surface area (Å²) in [5, 5.41) is 7.69. The van der Waals surface area contributed by atoms with E-state index >= 15 is 0 Å². The highest BCUT2D eigenvalue weighted by Crippen LogP contribution is 2.18. The highest BCUT2D eigenvalue weighted by Gasteiger charge is 2.02. The van der Waals surface area contributed by atoms with Crippen molar-refractivity contribution in [2.75, 3.05) is 0 Å². The van der Waals surface area contributed by atoms with E-state index < -0.39 is 14.8 Å². The number of nitrogens with zero attached hydrogens (tertiary/aromatic N) is 1. The van der Waals surface area contributed by atoms with Crippen molar-refractivity contribution in [1.29, 1.82) is 0 Å². The Balaban J connectivity index is 3.92. The summed E-state index contributed by atoms with van der Waals surface area (Å²) >= 11 is 14.9. The molecule has 0 aliphatic carbocycles. The molecule has 0 aromatic carbocycles. The van der Waals surface area contributed by atoms with Crippen LogP contribution in [-0.4, -0.2) is 5.09 Å². The predicted octanol–water partition coefficient (Wildman–Crippen LogP) is 2.04. The van der Waals surface area contributed by atoms with Gasteiger partial charge < -0.3 is 0 Å². The van der Waals surface area contributed by atoms with Gasteiger partial charge in [-0.3, -0.25) is 4.84 Å². The van der Waals surface area contributed by atoms with E-state index in [0.717, 1.165) is 0 Å². The van der Waals surface area contributed by atoms with Crippen molar-refractivity contribution in [3.63, 3.8) is 0 Å². The molecule has 52 valence electrons. The van der Waals surface area contributed by atoms with E-state index in [1.165, 1.54) is 0 Å². The molecule has 0 radical (unpaired) electrons. The molecule has 0 fully saturated rings. The molecule has 0 bridgehead atoms. The zero-order valence-corrected chi connectivity index (χ0v) is 6.07. The average molecular weight is 192 g/mol. The fourth-order valence-electron chi connectivity index (χ4n) is 0.0999. The first-order valence-electron chi connectivity index (χ1n) is 1.57. The van der Waals surface area contributed by atoms with Crippen molar-refractivity contribution < 1.29 is 9.92 Å². The maximum atomic E-state index is 9.46. The van der Waals surface area contributed by atoms with Crippen LogP contribution >= 0.6 is 34.8 Å². The molecule has 0 rings (SSSR count). The molecule has 0 amide bonds. The zero-order chi connectivity index (χ0) is 7.44. The van der Waals surface area contributed by atoms with Gasteiger partial charge in [0.25, 0.3) is 0 Å². The number of rotatable bonds is 2. The minimum absolute atomic E-state index is 0.478. The third-order valence-corrected chi connectivity index (χ3v) is 1.10. The lowest BCUT2D eigenvalue weighted by atomic mass is 11.1. The van der Waals surface area contributed by atoms with Gasteiger partial charge in [0, 0.05) is 0 Å². The van der Waals surface area contributed by atoms with E-state index in [1.54, 1.807) is 0 Å². The molecule has 0 aliphatic rings. The predicted molar refractivity (Wildman–Crippen MR) is 32.7 cm³/mol. The van der Waals surface area contributed by atoms with Gasteiger partial charge >= 0.3 is 5.09 Å². The summed E-state index contributed by atoms with van der Waals surface area (Å²) in [6.45, 7) is 0. The van der Waals surface area contributed by atoms with Crippen LogP contribution in [0.1, 0.15) is 0 Å². The number of halogens is 3. The lowest BCUT2D eigenvalue weighted by Crippen LogP contribution is -1.96. The van der Waals surface area contributed by atoms with Crippen LogP contribution in [0.3, 0.4) is 0 Å². The fourth-order valence-corrected chi connectivity index (χ4v) is 0.225. The maximum absolute atomic E-state index is 9.46. The SMILES string of the molecule is O=[N+]([O-])OC(Cl)=C(Cl)Cl. The Bertz CT molecular complexity index is 151. The van der Waals surface area contributed by atoms with Gasteiger partial charge in [-0.1, -0.05) is 34.8 Å². The van der Waals surface area contributed by atoms with Crippen LogP contribution in [0.5, 0.6) is 0 Å². The van der Waals surface area contributed by atoms with E-state index in [1.807, 2.05) is 0 Å². The van der Waals surface area contributed by atoms with Crippen molar-refractivity contribution in [1.82, 2.24) is 0 Å². The molecule has 4 nitrogen and oxygen atoms in total. The van der Waals surface area contributed by atoms with Crippen molar-refractivity contribution in [3.8, 4) is 0 Å². The summed E-state index contributed by atoms with van der Waals surface area (Å²) in [5.74, 6) is 0. The molecule has 9 heavy (non-hydrogen) atoms. The molecule has 7 heteroatoms. The summed E-state index contributed by atoms with van der Waals surface area (Å²) < 4.78 is -0.478. The average Bonchev–Trinajstić information content (AvgIpc) is 1.63. The Morgan fingerprint density at radius 2 is 1.89 bits per heavy atom. The summed E-state index contributed by atoms with van der Waals surface area (Å²) in [6, 6.07) is 0. The quantitative estimate of drug-likeness (QED) is 0.382. The molecule has 0 aromatic rings. The molecule has 0 saturated heterocycles. The first-order valence-corrected chi connectivity index (χ1v) is 2.70. The van der Waals surface area contributed by atoms with E-state index in [0.29, 0.717) is 0 Å². The third-order valence-electron chi connectivity index (χ3n) is 0.303. The topological polar surface area (TPSA) is 52.4 Å². The molecule has 0 aliphatic heterocycles. The zero-order valence-electron chi connectivity index (χ0n) is 3.81. The maximum Gasteiger partial charge on any atom is 0.300 e. The van der Waals surface area contributed by atoms with Crippen LogP contribution < -0.4 is 0 Å². The smallest absolute Gasteiger partial charge is 0.261 e. The fraction of sp³-hybridized carbons (Fsp3) is 0. The van der Waals surface area contributed by atoms with Crippen LogP contribution in [0.25, 0.3) is 0 Å². The first-order chi connectivity index (χ1) is 4.04. The van der Waals surface area contributed by atoms with Crippen LogP contribution in [0.4, 0.5) is 0 Å². The molecule has 0 unspecified atom stereocenters. The monoisotopic (exact) mass is 191 g/mol. The Labute approximate surface area is 65.0 Å². The molecule has 0 N–H and O–H groups in total. The van der Waals surface area contributed by atoms with Crippen molar-refractivity contribution >= 4 is 34.8 Å². The van der Waals surface area contributed by atoms with Gasteiger partial charge in [0.1, 0.15) is 4.49 Å². The van der Waals surface area contributed by atoms with Crippen molar-refractivity contribution in [2.24, 2.45) is 0 Å². The second-order valence-corrected chi connectivity index (χ2v) is 2.14. The summed E-state index contributed by atoms with van der Waals surface area (Å²) in [5.41, 5.74) is 0. The molecule has 0 aromatic heterocycles. The van der Waals surface area contributed by atoms with Crippen molar-refractivity contribution in [2.45, 2.75) is 0 Å². The van der Waals surface area contributed by atoms with Gasteiger partial charge in [-0.15, -0.1) is 10.1 Å². The van der Waals surface area contributed by atoms with Gasteiger partial charge in [-0.05, 0) is 0 Å². The molecule has 0 spiro atoms. The van der Waals surface area contributed by atoms with Crippen molar-refractivity contribution in [3.05, 3.63) is 19.8 Å². The second kappa shape index (κ2) is 3.76. The Kier molecular flexibility index (Phi) is 3.68. The van der Waals surface area contributed by atoms with Gasteiger partial charge in [0.05, 0.1) is 0 Å². The molecule has 0 atom stereocenters. The van der Waals surface area contributed by atoms with E-state index in [9.17, 15) is 10.1 Å². The molecular weight excluding hydrogens is 192 g/mol. The molecule has 0 saturated carbocycles. The van der Waals surface area contributed by atoms with E-state index in [-0.39, 0.29) is 0 Å². The largest absolute Gasteiger partial charge is 0.300 e. The summed E-state index contributed by atoms with van der Waals surface area (Å²) in [4.78, 5) is 13.1. The summed E-state index contributed by atoms with van der Waals surface area (Å²) in [6.07, 6.45) is 0. The Morgan fingerprint density at radius 1 is 1.44 bits per heavy atom. The second-order valence-electron chi connectivity index (χ2n) is 0.849. The van der Waals surface area contributed by atoms with Crippen LogP contribution in [0.15, 0.2) is 9.71 Å². The number of hydrogen-bond donors (Lipinski definition) is 0. The van der Waals surface area contributed by atoms with Crippen LogP contribution in [0.2, 0.25) is 0 Å². The molecular formula is C2Cl3NO3. The Morgan fingerprint density at radius 3 is 2.00 bits per heavy atom. The summed E-state index contributed by atoms with van der Waals surface area (Å²) in [7, 11) is 0. The minimum atomic E-state index is -1.12. The van der Waals surface area contributed by atoms with Gasteiger partial charge in [-0.2, -0.15) is 0 Å². The van der Waals surface area contributed by atoms with Crippen LogP contribution in [0, 0.1) is 10.1 Å². The standard InChI is InChI=1S/C2Cl3NO3/c3-1(4)2(5)9-6(7)8. The normalized spacial score (nSPS) is 8.33. The first kappa shape index (κ1) is 8.81. The van der Waals surface area contributed by atoms with Crippen LogP contribution in [-0.2, 0) is 4.84 Å². The Hall–Kier alpha value is -0.190. The van der Waals surface area contributed by atoms with Gasteiger partial charge in [-0.25, -0.2) is 0 Å². The van der Waals surface area contributed by atoms with E-state index in [2.05, 4.69) is 4.84 Å². The van der Waals surface area contributed by atoms with Gasteiger partial charge in [0.15, 0.2) is 0 Å². The lowest BCUT2D eigenvalue weighted by Gasteiger charge is -1.91. The van der Waals surface area contributed by atoms with E-state index in [4.69, 9.17) is 34.8 Å².